The molecule has 0 saturated heterocycles. The van der Waals surface area contributed by atoms with Gasteiger partial charge in [-0.15, -0.1) is 11.3 Å². The molecule has 1 aliphatic rings. The number of nitrogens with one attached hydrogen (secondary N) is 1. The highest BCUT2D eigenvalue weighted by atomic mass is 32.1. The van der Waals surface area contributed by atoms with Crippen LogP contribution in [0.1, 0.15) is 0 Å². The molecule has 3 heterocycles. The summed E-state index contributed by atoms with van der Waals surface area (Å²) < 4.78 is 1.75. The molecule has 0 spiro atoms. The first-order chi connectivity index (χ1) is 12.5. The van der Waals surface area contributed by atoms with Crippen molar-refractivity contribution in [3.05, 3.63) is 47.2 Å². The van der Waals surface area contributed by atoms with Crippen molar-refractivity contribution in [2.24, 2.45) is 5.16 Å². The van der Waals surface area contributed by atoms with E-state index in [1.54, 1.807) is 18.3 Å². The molecule has 8 nitrogen and oxygen atoms in total. The van der Waals surface area contributed by atoms with E-state index in [9.17, 15) is 10.0 Å². The average Bonchev–Trinajstić information content (AvgIpc) is 3.01. The molecule has 0 aliphatic heterocycles. The highest BCUT2D eigenvalue weighted by molar-refractivity contribution is 7.25. The predicted molar refractivity (Wildman–Crippen MR) is 104 cm³/mol. The van der Waals surface area contributed by atoms with Crippen LogP contribution < -0.4 is 10.5 Å². The van der Waals surface area contributed by atoms with E-state index in [2.05, 4.69) is 15.1 Å². The number of pyridine rings is 1. The predicted octanol–water partition coefficient (Wildman–Crippen LogP) is 2.33. The molecule has 0 unspecified atom stereocenters. The van der Waals surface area contributed by atoms with Crippen molar-refractivity contribution in [2.75, 3.05) is 19.0 Å². The molecule has 130 valence electrons. The van der Waals surface area contributed by atoms with Gasteiger partial charge in [0.2, 0.25) is 0 Å². The van der Waals surface area contributed by atoms with Crippen LogP contribution in [0.5, 0.6) is 0 Å². The molecule has 0 aromatic carbocycles. The van der Waals surface area contributed by atoms with Crippen LogP contribution in [-0.2, 0) is 0 Å². The normalized spacial score (nSPS) is 15.8. The Hall–Kier alpha value is -3.33. The Kier molecular flexibility index (Phi) is 3.66. The smallest absolute Gasteiger partial charge is 0.276 e. The van der Waals surface area contributed by atoms with E-state index < -0.39 is 0 Å². The zero-order valence-electron chi connectivity index (χ0n) is 14.0. The maximum absolute atomic E-state index is 13.1. The summed E-state index contributed by atoms with van der Waals surface area (Å²) >= 11 is 1.27. The first-order valence-corrected chi connectivity index (χ1v) is 8.51. The third-order valence-electron chi connectivity index (χ3n) is 4.12. The molecule has 0 bridgehead atoms. The van der Waals surface area contributed by atoms with Crippen molar-refractivity contribution in [1.29, 1.82) is 5.41 Å². The summed E-state index contributed by atoms with van der Waals surface area (Å²) in [6.07, 6.45) is 7.82. The number of allylic oxidation sites excluding steroid dienone is 4. The second kappa shape index (κ2) is 5.88. The lowest BCUT2D eigenvalue weighted by Crippen LogP contribution is -2.27. The monoisotopic (exact) mass is 366 g/mol. The van der Waals surface area contributed by atoms with E-state index in [4.69, 9.17) is 5.41 Å². The fourth-order valence-electron chi connectivity index (χ4n) is 2.91. The number of nitrogens with zero attached hydrogens (tertiary/aromatic N) is 5. The van der Waals surface area contributed by atoms with Crippen molar-refractivity contribution >= 4 is 54.6 Å². The quantitative estimate of drug-likeness (QED) is 0.411. The molecule has 9 heteroatoms. The summed E-state index contributed by atoms with van der Waals surface area (Å²) in [6.45, 7) is 0. The van der Waals surface area contributed by atoms with Crippen molar-refractivity contribution in [1.82, 2.24) is 14.5 Å². The van der Waals surface area contributed by atoms with Crippen molar-refractivity contribution in [2.45, 2.75) is 0 Å². The Morgan fingerprint density at radius 3 is 2.88 bits per heavy atom. The number of fused-ring (bicyclic) bond motifs is 3. The topological polar surface area (TPSA) is 107 Å². The van der Waals surface area contributed by atoms with E-state index in [0.717, 1.165) is 15.9 Å². The molecule has 26 heavy (non-hydrogen) atoms. The first kappa shape index (κ1) is 16.2. The second-order valence-electron chi connectivity index (χ2n) is 5.88. The molecule has 2 N–H and O–H groups in total. The fourth-order valence-corrected chi connectivity index (χ4v) is 3.96. The summed E-state index contributed by atoms with van der Waals surface area (Å²) in [5, 5.41) is 21.1. The van der Waals surface area contributed by atoms with Gasteiger partial charge in [0.15, 0.2) is 5.71 Å². The molecule has 3 aromatic heterocycles. The third-order valence-corrected chi connectivity index (χ3v) is 5.19. The molecule has 0 atom stereocenters. The largest absolute Gasteiger partial charge is 0.410 e. The number of hydrogen-bond donors (Lipinski definition) is 2. The van der Waals surface area contributed by atoms with Gasteiger partial charge in [0.1, 0.15) is 15.9 Å². The zero-order valence-corrected chi connectivity index (χ0v) is 14.8. The molecule has 0 fully saturated rings. The molecule has 1 aliphatic carbocycles. The Labute approximate surface area is 151 Å². The summed E-state index contributed by atoms with van der Waals surface area (Å²) in [6, 6.07) is 1.88. The van der Waals surface area contributed by atoms with Crippen molar-refractivity contribution < 1.29 is 5.21 Å². The van der Waals surface area contributed by atoms with E-state index in [1.165, 1.54) is 28.3 Å². The Morgan fingerprint density at radius 2 is 2.15 bits per heavy atom. The molecular formula is C17H14N6O2S. The molecular weight excluding hydrogens is 352 g/mol. The van der Waals surface area contributed by atoms with E-state index in [1.807, 2.05) is 25.1 Å². The lowest BCUT2D eigenvalue weighted by Gasteiger charge is -2.14. The fraction of sp³-hybridized carbons (Fsp3) is 0.118. The van der Waals surface area contributed by atoms with Gasteiger partial charge in [-0.1, -0.05) is 11.2 Å². The number of anilines is 1. The van der Waals surface area contributed by atoms with Crippen LogP contribution in [0.4, 0.5) is 5.69 Å². The molecule has 3 aromatic rings. The minimum absolute atomic E-state index is 0.0176. The maximum atomic E-state index is 13.1. The zero-order chi connectivity index (χ0) is 18.4. The first-order valence-electron chi connectivity index (χ1n) is 7.69. The Balaban J connectivity index is 2.03. The van der Waals surface area contributed by atoms with Crippen LogP contribution in [0.15, 0.2) is 46.8 Å². The standard InChI is InChI=1S/C17H14N6O2S/c1-22(2)10-6-7-19-16-12(10)14-15(26-16)17(24)23(8-20-14)11-5-3-4-9(18)13(11)21-25/h3-8,18,25H,1-2H3/b18-9?,21-13+. The highest BCUT2D eigenvalue weighted by Gasteiger charge is 2.21. The SMILES string of the molecule is CN(C)c1ccnc2sc3c(=O)n(C4=CC=CC(=N)/C4=N\O)cnc3c12. The number of oxime groups is 1. The number of thiophene rings is 1. The van der Waals surface area contributed by atoms with Gasteiger partial charge >= 0.3 is 0 Å². The van der Waals surface area contributed by atoms with Gasteiger partial charge in [-0.25, -0.2) is 9.97 Å². The number of rotatable bonds is 2. The van der Waals surface area contributed by atoms with Crippen LogP contribution in [0, 0.1) is 5.41 Å². The van der Waals surface area contributed by atoms with Gasteiger partial charge in [0.05, 0.1) is 28.0 Å². The highest BCUT2D eigenvalue weighted by Crippen LogP contribution is 2.35. The van der Waals surface area contributed by atoms with Crippen LogP contribution >= 0.6 is 11.3 Å². The molecule has 4 rings (SSSR count). The van der Waals surface area contributed by atoms with Gasteiger partial charge in [-0.05, 0) is 18.2 Å². The summed E-state index contributed by atoms with van der Waals surface area (Å²) in [5.74, 6) is 0. The van der Waals surface area contributed by atoms with Crippen LogP contribution in [0.2, 0.25) is 0 Å². The Bertz CT molecular complexity index is 1220. The number of aromatic nitrogens is 3. The van der Waals surface area contributed by atoms with Crippen LogP contribution in [0.25, 0.3) is 26.1 Å². The second-order valence-corrected chi connectivity index (χ2v) is 6.88. The van der Waals surface area contributed by atoms with Crippen molar-refractivity contribution in [3.63, 3.8) is 0 Å². The van der Waals surface area contributed by atoms with E-state index in [-0.39, 0.29) is 17.0 Å². The lowest BCUT2D eigenvalue weighted by atomic mass is 10.1. The van der Waals surface area contributed by atoms with Gasteiger partial charge in [0.25, 0.3) is 5.56 Å². The van der Waals surface area contributed by atoms with Gasteiger partial charge in [-0.2, -0.15) is 0 Å². The van der Waals surface area contributed by atoms with Crippen LogP contribution in [0.3, 0.4) is 0 Å². The van der Waals surface area contributed by atoms with Crippen molar-refractivity contribution in [3.8, 4) is 0 Å². The number of hydrogen-bond acceptors (Lipinski definition) is 8. The minimum Gasteiger partial charge on any atom is -0.410 e. The maximum Gasteiger partial charge on any atom is 0.276 e. The minimum atomic E-state index is -0.293. The summed E-state index contributed by atoms with van der Waals surface area (Å²) in [5.41, 5.74) is 1.57. The van der Waals surface area contributed by atoms with Gasteiger partial charge in [-0.3, -0.25) is 14.8 Å². The van der Waals surface area contributed by atoms with Crippen LogP contribution in [-0.4, -0.2) is 45.3 Å². The molecule has 0 radical (unpaired) electrons. The van der Waals surface area contributed by atoms with E-state index >= 15 is 0 Å². The molecule has 0 saturated carbocycles. The Morgan fingerprint density at radius 1 is 1.35 bits per heavy atom. The summed E-state index contributed by atoms with van der Waals surface area (Å²) in [7, 11) is 3.85. The van der Waals surface area contributed by atoms with Gasteiger partial charge in [0, 0.05) is 20.3 Å². The molecule has 0 amide bonds. The third kappa shape index (κ3) is 2.25. The lowest BCUT2D eigenvalue weighted by molar-refractivity contribution is 0.320. The average molecular weight is 366 g/mol. The van der Waals surface area contributed by atoms with Gasteiger partial charge < -0.3 is 10.1 Å². The van der Waals surface area contributed by atoms with E-state index in [0.29, 0.717) is 15.9 Å². The summed E-state index contributed by atoms with van der Waals surface area (Å²) in [4.78, 5) is 24.6.